The molecule has 3 nitrogen and oxygen atoms in total. The maximum atomic E-state index is 11.9. The highest BCUT2D eigenvalue weighted by Gasteiger charge is 2.20. The van der Waals surface area contributed by atoms with Crippen molar-refractivity contribution in [1.29, 1.82) is 0 Å². The zero-order valence-electron chi connectivity index (χ0n) is 9.97. The van der Waals surface area contributed by atoms with Crippen LogP contribution >= 0.6 is 43.2 Å². The van der Waals surface area contributed by atoms with Gasteiger partial charge in [0.2, 0.25) is 0 Å². The van der Waals surface area contributed by atoms with Gasteiger partial charge in [-0.1, -0.05) is 0 Å². The van der Waals surface area contributed by atoms with Gasteiger partial charge in [0.1, 0.15) is 0 Å². The largest absolute Gasteiger partial charge is 0.374 e. The Kier molecular flexibility index (Phi) is 5.63. The highest BCUT2D eigenvalue weighted by molar-refractivity contribution is 9.13. The Morgan fingerprint density at radius 2 is 2.18 bits per heavy atom. The van der Waals surface area contributed by atoms with Crippen LogP contribution in [0.5, 0.6) is 0 Å². The van der Waals surface area contributed by atoms with E-state index in [9.17, 15) is 4.79 Å². The van der Waals surface area contributed by atoms with Crippen molar-refractivity contribution in [3.05, 3.63) is 19.2 Å². The van der Waals surface area contributed by atoms with E-state index in [1.807, 2.05) is 20.8 Å². The molecule has 0 spiro atoms. The number of carbonyl (C=O) groups is 1. The van der Waals surface area contributed by atoms with Crippen LogP contribution in [-0.2, 0) is 4.74 Å². The lowest BCUT2D eigenvalue weighted by Gasteiger charge is -2.24. The lowest BCUT2D eigenvalue weighted by atomic mass is 10.1. The second-order valence-corrected chi connectivity index (χ2v) is 7.33. The van der Waals surface area contributed by atoms with Crippen LogP contribution in [0.4, 0.5) is 0 Å². The number of nitrogens with one attached hydrogen (secondary N) is 1. The first kappa shape index (κ1) is 15.1. The van der Waals surface area contributed by atoms with Gasteiger partial charge in [0.05, 0.1) is 14.3 Å². The number of hydrogen-bond donors (Lipinski definition) is 1. The maximum Gasteiger partial charge on any atom is 0.261 e. The predicted octanol–water partition coefficient (Wildman–Crippen LogP) is 3.82. The van der Waals surface area contributed by atoms with Gasteiger partial charge in [-0.3, -0.25) is 4.79 Å². The molecule has 0 aliphatic heterocycles. The van der Waals surface area contributed by atoms with E-state index < -0.39 is 0 Å². The molecular formula is C11H15Br2NO2S. The fourth-order valence-electron chi connectivity index (χ4n) is 1.28. The van der Waals surface area contributed by atoms with Crippen molar-refractivity contribution in [1.82, 2.24) is 5.32 Å². The minimum absolute atomic E-state index is 0.0748. The topological polar surface area (TPSA) is 38.3 Å². The number of halogens is 2. The molecule has 1 aromatic heterocycles. The normalized spacial score (nSPS) is 11.6. The highest BCUT2D eigenvalue weighted by Crippen LogP contribution is 2.32. The van der Waals surface area contributed by atoms with Crippen molar-refractivity contribution in [2.24, 2.45) is 0 Å². The number of rotatable bonds is 5. The molecule has 0 saturated heterocycles. The zero-order chi connectivity index (χ0) is 13.1. The van der Waals surface area contributed by atoms with Crippen LogP contribution in [-0.4, -0.2) is 24.7 Å². The molecule has 0 aliphatic carbocycles. The van der Waals surface area contributed by atoms with Crippen molar-refractivity contribution in [3.63, 3.8) is 0 Å². The van der Waals surface area contributed by atoms with Gasteiger partial charge < -0.3 is 10.1 Å². The second kappa shape index (κ2) is 6.31. The quantitative estimate of drug-likeness (QED) is 0.837. The molecule has 1 rings (SSSR count). The predicted molar refractivity (Wildman–Crippen MR) is 77.8 cm³/mol. The van der Waals surface area contributed by atoms with Crippen LogP contribution in [0.1, 0.15) is 30.4 Å². The first-order chi connectivity index (χ1) is 7.85. The van der Waals surface area contributed by atoms with Crippen molar-refractivity contribution in [2.45, 2.75) is 26.4 Å². The lowest BCUT2D eigenvalue weighted by molar-refractivity contribution is -0.00812. The molecule has 0 aromatic carbocycles. The van der Waals surface area contributed by atoms with Gasteiger partial charge in [-0.25, -0.2) is 0 Å². The lowest BCUT2D eigenvalue weighted by Crippen LogP contribution is -2.40. The number of ether oxygens (including phenoxy) is 1. The second-order valence-electron chi connectivity index (χ2n) is 4.11. The van der Waals surface area contributed by atoms with E-state index in [-0.39, 0.29) is 11.5 Å². The molecule has 6 heteroatoms. The van der Waals surface area contributed by atoms with Gasteiger partial charge in [0.15, 0.2) is 0 Å². The van der Waals surface area contributed by atoms with Gasteiger partial charge in [0, 0.05) is 17.6 Å². The molecule has 1 amide bonds. The summed E-state index contributed by atoms with van der Waals surface area (Å²) in [7, 11) is 0. The maximum absolute atomic E-state index is 11.9. The summed E-state index contributed by atoms with van der Waals surface area (Å²) in [5.74, 6) is -0.0748. The van der Waals surface area contributed by atoms with E-state index in [4.69, 9.17) is 4.74 Å². The Balaban J connectivity index is 2.56. The van der Waals surface area contributed by atoms with Crippen LogP contribution in [0, 0.1) is 0 Å². The molecule has 96 valence electrons. The molecule has 0 unspecified atom stereocenters. The number of hydrogen-bond acceptors (Lipinski definition) is 3. The standard InChI is InChI=1S/C11H15Br2NO2S/c1-4-16-11(2,3)6-14-10(15)8-5-7(12)9(13)17-8/h5H,4,6H2,1-3H3,(H,14,15). The van der Waals surface area contributed by atoms with E-state index in [0.717, 1.165) is 8.26 Å². The summed E-state index contributed by atoms with van der Waals surface area (Å²) in [6.45, 7) is 6.98. The third-order valence-corrected chi connectivity index (χ3v) is 5.33. The first-order valence-corrected chi connectivity index (χ1v) is 7.63. The summed E-state index contributed by atoms with van der Waals surface area (Å²) in [6.07, 6.45) is 0. The summed E-state index contributed by atoms with van der Waals surface area (Å²) in [6, 6.07) is 1.80. The molecule has 0 aliphatic rings. The van der Waals surface area contributed by atoms with Crippen LogP contribution in [0.15, 0.2) is 14.3 Å². The van der Waals surface area contributed by atoms with Crippen LogP contribution < -0.4 is 5.32 Å². The third kappa shape index (κ3) is 4.69. The summed E-state index contributed by atoms with van der Waals surface area (Å²) < 4.78 is 7.34. The molecule has 0 saturated carbocycles. The van der Waals surface area contributed by atoms with Crippen molar-refractivity contribution in [2.75, 3.05) is 13.2 Å². The van der Waals surface area contributed by atoms with Crippen molar-refractivity contribution in [3.8, 4) is 0 Å². The molecule has 0 radical (unpaired) electrons. The summed E-state index contributed by atoms with van der Waals surface area (Å²) in [5.41, 5.74) is -0.337. The summed E-state index contributed by atoms with van der Waals surface area (Å²) >= 11 is 8.13. The molecule has 17 heavy (non-hydrogen) atoms. The zero-order valence-corrected chi connectivity index (χ0v) is 14.0. The van der Waals surface area contributed by atoms with Crippen LogP contribution in [0.2, 0.25) is 0 Å². The minimum atomic E-state index is -0.337. The fraction of sp³-hybridized carbons (Fsp3) is 0.545. The van der Waals surface area contributed by atoms with E-state index in [2.05, 4.69) is 37.2 Å². The molecule has 1 aromatic rings. The average molecular weight is 385 g/mol. The smallest absolute Gasteiger partial charge is 0.261 e. The Morgan fingerprint density at radius 1 is 1.53 bits per heavy atom. The third-order valence-electron chi connectivity index (χ3n) is 2.08. The minimum Gasteiger partial charge on any atom is -0.374 e. The average Bonchev–Trinajstić information content (AvgIpc) is 2.56. The molecule has 0 bridgehead atoms. The van der Waals surface area contributed by atoms with Gasteiger partial charge in [0.25, 0.3) is 5.91 Å². The van der Waals surface area contributed by atoms with E-state index >= 15 is 0 Å². The van der Waals surface area contributed by atoms with Gasteiger partial charge in [-0.05, 0) is 58.7 Å². The number of thiophene rings is 1. The Labute approximate surface area is 122 Å². The Bertz CT molecular complexity index is 385. The molecule has 1 heterocycles. The van der Waals surface area contributed by atoms with E-state index in [1.54, 1.807) is 6.07 Å². The molecule has 0 fully saturated rings. The number of amides is 1. The van der Waals surface area contributed by atoms with E-state index in [1.165, 1.54) is 11.3 Å². The Hall–Kier alpha value is 0.0900. The fourth-order valence-corrected chi connectivity index (χ4v) is 3.23. The molecular weight excluding hydrogens is 370 g/mol. The SMILES string of the molecule is CCOC(C)(C)CNC(=O)c1cc(Br)c(Br)s1. The van der Waals surface area contributed by atoms with Crippen LogP contribution in [0.25, 0.3) is 0 Å². The highest BCUT2D eigenvalue weighted by atomic mass is 79.9. The van der Waals surface area contributed by atoms with Gasteiger partial charge in [-0.2, -0.15) is 0 Å². The number of carbonyl (C=O) groups excluding carboxylic acids is 1. The van der Waals surface area contributed by atoms with Crippen molar-refractivity contribution >= 4 is 49.1 Å². The molecule has 0 atom stereocenters. The van der Waals surface area contributed by atoms with Gasteiger partial charge >= 0.3 is 0 Å². The van der Waals surface area contributed by atoms with Crippen LogP contribution in [0.3, 0.4) is 0 Å². The van der Waals surface area contributed by atoms with Crippen molar-refractivity contribution < 1.29 is 9.53 Å². The summed E-state index contributed by atoms with van der Waals surface area (Å²) in [4.78, 5) is 12.5. The summed E-state index contributed by atoms with van der Waals surface area (Å²) in [5, 5.41) is 2.87. The molecule has 1 N–H and O–H groups in total. The van der Waals surface area contributed by atoms with E-state index in [0.29, 0.717) is 18.0 Å². The van der Waals surface area contributed by atoms with Gasteiger partial charge in [-0.15, -0.1) is 11.3 Å². The monoisotopic (exact) mass is 383 g/mol. The first-order valence-electron chi connectivity index (χ1n) is 5.22. The Morgan fingerprint density at radius 3 is 2.65 bits per heavy atom.